The van der Waals surface area contributed by atoms with E-state index in [1.54, 1.807) is 0 Å². The first-order chi connectivity index (χ1) is 5.07. The molecule has 0 amide bonds. The van der Waals surface area contributed by atoms with Gasteiger partial charge in [-0.15, -0.1) is 24.8 Å². The molecule has 7 heteroatoms. The fourth-order valence-corrected chi connectivity index (χ4v) is 0.548. The van der Waals surface area contributed by atoms with Gasteiger partial charge in [0, 0.05) is 6.42 Å². The van der Waals surface area contributed by atoms with Crippen molar-refractivity contribution in [3.05, 3.63) is 0 Å². The van der Waals surface area contributed by atoms with E-state index in [9.17, 15) is 9.59 Å². The zero-order valence-electron chi connectivity index (χ0n) is 7.06. The molecule has 0 saturated heterocycles. The summed E-state index contributed by atoms with van der Waals surface area (Å²) in [5.74, 6) is -1.55. The summed E-state index contributed by atoms with van der Waals surface area (Å²) in [5, 5.41) is 8.21. The van der Waals surface area contributed by atoms with Gasteiger partial charge in [-0.2, -0.15) is 0 Å². The summed E-state index contributed by atoms with van der Waals surface area (Å²) in [6.45, 7) is 0. The van der Waals surface area contributed by atoms with Crippen molar-refractivity contribution in [2.45, 2.75) is 18.9 Å². The first kappa shape index (κ1) is 18.3. The average Bonchev–Trinajstić information content (AvgIpc) is 1.98. The van der Waals surface area contributed by atoms with Gasteiger partial charge < -0.3 is 15.6 Å². The summed E-state index contributed by atoms with van der Waals surface area (Å²) in [5.41, 5.74) is 5.24. The molecule has 0 aliphatic heterocycles. The number of aliphatic carboxylic acids is 1. The third kappa shape index (κ3) is 9.39. The minimum absolute atomic E-state index is 0. The number of halogens is 2. The lowest BCUT2D eigenvalue weighted by Gasteiger charge is -2.05. The fraction of sp³-hybridized carbons (Fsp3) is 0.667. The number of rotatable bonds is 4. The van der Waals surface area contributed by atoms with Crippen molar-refractivity contribution in [1.82, 2.24) is 0 Å². The van der Waals surface area contributed by atoms with Gasteiger partial charge in [0.2, 0.25) is 0 Å². The third-order valence-electron chi connectivity index (χ3n) is 1.17. The van der Waals surface area contributed by atoms with E-state index < -0.39 is 18.0 Å². The smallest absolute Gasteiger partial charge is 0.322 e. The van der Waals surface area contributed by atoms with Crippen molar-refractivity contribution < 1.29 is 19.4 Å². The van der Waals surface area contributed by atoms with Crippen molar-refractivity contribution in [3.63, 3.8) is 0 Å². The molecule has 0 aromatic heterocycles. The van der Waals surface area contributed by atoms with Gasteiger partial charge in [-0.05, 0) is 6.42 Å². The Kier molecular flexibility index (Phi) is 13.5. The Balaban J connectivity index is -0.000000500. The van der Waals surface area contributed by atoms with Gasteiger partial charge in [0.25, 0.3) is 0 Å². The van der Waals surface area contributed by atoms with Crippen LogP contribution in [0.1, 0.15) is 12.8 Å². The first-order valence-corrected chi connectivity index (χ1v) is 3.13. The number of carboxylic acid groups (broad SMARTS) is 1. The van der Waals surface area contributed by atoms with Crippen LogP contribution in [0.2, 0.25) is 0 Å². The molecule has 80 valence electrons. The zero-order valence-corrected chi connectivity index (χ0v) is 8.69. The first-order valence-electron chi connectivity index (χ1n) is 3.13. The second-order valence-corrected chi connectivity index (χ2v) is 2.06. The quantitative estimate of drug-likeness (QED) is 0.678. The summed E-state index contributed by atoms with van der Waals surface area (Å²) in [7, 11) is 1.21. The number of carboxylic acids is 1. The molecule has 0 heterocycles. The number of ether oxygens (including phenoxy) is 1. The molecule has 1 unspecified atom stereocenters. The van der Waals surface area contributed by atoms with Crippen LogP contribution in [-0.2, 0) is 14.3 Å². The SMILES string of the molecule is COC(=O)C(N)CCC(=O)O.Cl.Cl. The van der Waals surface area contributed by atoms with Gasteiger partial charge in [-0.1, -0.05) is 0 Å². The molecule has 1 atom stereocenters. The van der Waals surface area contributed by atoms with Gasteiger partial charge in [0.05, 0.1) is 7.11 Å². The highest BCUT2D eigenvalue weighted by molar-refractivity contribution is 5.85. The lowest BCUT2D eigenvalue weighted by Crippen LogP contribution is -2.31. The molecule has 0 aromatic carbocycles. The molecule has 0 bridgehead atoms. The van der Waals surface area contributed by atoms with E-state index in [0.717, 1.165) is 0 Å². The van der Waals surface area contributed by atoms with Gasteiger partial charge in [0.15, 0.2) is 0 Å². The number of carbonyl (C=O) groups excluding carboxylic acids is 1. The Hall–Kier alpha value is -0.520. The number of esters is 1. The van der Waals surface area contributed by atoms with Crippen LogP contribution in [0.5, 0.6) is 0 Å². The number of hydrogen-bond donors (Lipinski definition) is 2. The molecule has 0 aromatic rings. The van der Waals surface area contributed by atoms with E-state index in [1.807, 2.05) is 0 Å². The van der Waals surface area contributed by atoms with Gasteiger partial charge in [0.1, 0.15) is 6.04 Å². The lowest BCUT2D eigenvalue weighted by molar-refractivity contribution is -0.142. The maximum Gasteiger partial charge on any atom is 0.322 e. The Morgan fingerprint density at radius 2 is 1.92 bits per heavy atom. The van der Waals surface area contributed by atoms with Crippen molar-refractivity contribution in [2.24, 2.45) is 5.73 Å². The van der Waals surface area contributed by atoms with E-state index >= 15 is 0 Å². The number of methoxy groups -OCH3 is 1. The van der Waals surface area contributed by atoms with Crippen LogP contribution in [0.3, 0.4) is 0 Å². The second-order valence-electron chi connectivity index (χ2n) is 2.06. The maximum atomic E-state index is 10.6. The van der Waals surface area contributed by atoms with Crippen LogP contribution in [0.15, 0.2) is 0 Å². The number of hydrogen-bond acceptors (Lipinski definition) is 4. The summed E-state index contributed by atoms with van der Waals surface area (Å²) in [6.07, 6.45) is -0.00171. The Morgan fingerprint density at radius 1 is 1.46 bits per heavy atom. The number of carbonyl (C=O) groups is 2. The van der Waals surface area contributed by atoms with Crippen molar-refractivity contribution in [1.29, 1.82) is 0 Å². The van der Waals surface area contributed by atoms with E-state index in [0.29, 0.717) is 0 Å². The van der Waals surface area contributed by atoms with E-state index in [2.05, 4.69) is 4.74 Å². The van der Waals surface area contributed by atoms with Gasteiger partial charge >= 0.3 is 11.9 Å². The molecule has 5 nitrogen and oxygen atoms in total. The molecule has 0 fully saturated rings. The predicted octanol–water partition coefficient (Wildman–Crippen LogP) is 0.195. The minimum Gasteiger partial charge on any atom is -0.481 e. The molecule has 0 aliphatic carbocycles. The van der Waals surface area contributed by atoms with Crippen LogP contribution < -0.4 is 5.73 Å². The largest absolute Gasteiger partial charge is 0.481 e. The van der Waals surface area contributed by atoms with Gasteiger partial charge in [-0.25, -0.2) is 0 Å². The standard InChI is InChI=1S/C6H11NO4.2ClH/c1-11-6(10)4(7)2-3-5(8)9;;/h4H,2-3,7H2,1H3,(H,8,9);2*1H. The third-order valence-corrected chi connectivity index (χ3v) is 1.17. The van der Waals surface area contributed by atoms with Gasteiger partial charge in [-0.3, -0.25) is 9.59 Å². The molecule has 0 saturated carbocycles. The summed E-state index contributed by atoms with van der Waals surface area (Å²) in [4.78, 5) is 20.6. The monoisotopic (exact) mass is 233 g/mol. The minimum atomic E-state index is -0.968. The molecular formula is C6H13Cl2NO4. The van der Waals surface area contributed by atoms with E-state index in [1.165, 1.54) is 7.11 Å². The predicted molar refractivity (Wildman–Crippen MR) is 51.4 cm³/mol. The Labute approximate surface area is 88.4 Å². The molecule has 0 spiro atoms. The normalized spacial score (nSPS) is 10.3. The second kappa shape index (κ2) is 9.57. The molecule has 0 rings (SSSR count). The average molecular weight is 234 g/mol. The number of nitrogens with two attached hydrogens (primary N) is 1. The molecule has 13 heavy (non-hydrogen) atoms. The molecule has 3 N–H and O–H groups in total. The maximum absolute atomic E-state index is 10.6. The van der Waals surface area contributed by atoms with Crippen LogP contribution in [0.4, 0.5) is 0 Å². The summed E-state index contributed by atoms with van der Waals surface area (Å²) in [6, 6.07) is -0.823. The molecular weight excluding hydrogens is 221 g/mol. The van der Waals surface area contributed by atoms with Crippen LogP contribution >= 0.6 is 24.8 Å². The Bertz CT molecular complexity index is 165. The lowest BCUT2D eigenvalue weighted by atomic mass is 10.2. The van der Waals surface area contributed by atoms with Crippen molar-refractivity contribution in [2.75, 3.05) is 7.11 Å². The van der Waals surface area contributed by atoms with Crippen LogP contribution in [0, 0.1) is 0 Å². The van der Waals surface area contributed by atoms with Crippen LogP contribution in [0.25, 0.3) is 0 Å². The highest BCUT2D eigenvalue weighted by Gasteiger charge is 2.14. The topological polar surface area (TPSA) is 89.6 Å². The van der Waals surface area contributed by atoms with E-state index in [4.69, 9.17) is 10.8 Å². The van der Waals surface area contributed by atoms with E-state index in [-0.39, 0.29) is 37.7 Å². The summed E-state index contributed by atoms with van der Waals surface area (Å²) < 4.78 is 4.29. The van der Waals surface area contributed by atoms with Crippen molar-refractivity contribution >= 4 is 36.8 Å². The molecule has 0 aliphatic rings. The summed E-state index contributed by atoms with van der Waals surface area (Å²) >= 11 is 0. The highest BCUT2D eigenvalue weighted by Crippen LogP contribution is 1.95. The Morgan fingerprint density at radius 3 is 2.23 bits per heavy atom. The molecule has 0 radical (unpaired) electrons. The highest BCUT2D eigenvalue weighted by atomic mass is 35.5. The van der Waals surface area contributed by atoms with Crippen LogP contribution in [-0.4, -0.2) is 30.2 Å². The van der Waals surface area contributed by atoms with Crippen molar-refractivity contribution in [3.8, 4) is 0 Å². The zero-order chi connectivity index (χ0) is 8.85. The fourth-order valence-electron chi connectivity index (χ4n) is 0.548.